The number of benzene rings is 1. The summed E-state index contributed by atoms with van der Waals surface area (Å²) in [7, 11) is 1.43. The summed E-state index contributed by atoms with van der Waals surface area (Å²) >= 11 is 5.95. The van der Waals surface area contributed by atoms with Crippen molar-refractivity contribution in [3.05, 3.63) is 47.0 Å². The summed E-state index contributed by atoms with van der Waals surface area (Å²) in [5, 5.41) is 11.6. The van der Waals surface area contributed by atoms with Gasteiger partial charge in [0, 0.05) is 0 Å². The molecule has 0 aliphatic rings. The smallest absolute Gasteiger partial charge is 0.356 e. The van der Waals surface area contributed by atoms with Crippen molar-refractivity contribution in [2.45, 2.75) is 0 Å². The lowest BCUT2D eigenvalue weighted by Gasteiger charge is -2.10. The van der Waals surface area contributed by atoms with Gasteiger partial charge in [-0.25, -0.2) is 14.8 Å². The Morgan fingerprint density at radius 3 is 2.48 bits per heavy atom. The minimum atomic E-state index is -1.22. The van der Waals surface area contributed by atoms with Crippen LogP contribution in [0.2, 0.25) is 5.02 Å². The molecule has 0 aliphatic carbocycles. The quantitative estimate of drug-likeness (QED) is 0.896. The number of carbonyl (C=O) groups excluding carboxylic acids is 1. The number of aromatic carboxylic acids is 1. The lowest BCUT2D eigenvalue weighted by Crippen LogP contribution is -2.15. The summed E-state index contributed by atoms with van der Waals surface area (Å²) in [4.78, 5) is 30.0. The van der Waals surface area contributed by atoms with Crippen LogP contribution in [-0.2, 0) is 0 Å². The van der Waals surface area contributed by atoms with Gasteiger partial charge in [0.15, 0.2) is 11.4 Å². The maximum absolute atomic E-state index is 12.0. The van der Waals surface area contributed by atoms with Gasteiger partial charge in [-0.2, -0.15) is 0 Å². The lowest BCUT2D eigenvalue weighted by molar-refractivity contribution is 0.0689. The largest absolute Gasteiger partial charge is 0.493 e. The number of amides is 1. The summed E-state index contributed by atoms with van der Waals surface area (Å²) in [5.74, 6) is -1.45. The van der Waals surface area contributed by atoms with Crippen LogP contribution in [0.3, 0.4) is 0 Å². The van der Waals surface area contributed by atoms with Gasteiger partial charge in [-0.15, -0.1) is 0 Å². The first-order valence-electron chi connectivity index (χ1n) is 5.72. The van der Waals surface area contributed by atoms with Crippen molar-refractivity contribution in [2.75, 3.05) is 12.4 Å². The SMILES string of the molecule is COc1c(Cl)cccc1NC(=O)c1cnc(C(=O)O)cn1. The molecule has 2 aromatic rings. The summed E-state index contributed by atoms with van der Waals surface area (Å²) in [6.07, 6.45) is 2.09. The Labute approximate surface area is 124 Å². The molecular formula is C13H10ClN3O4. The number of para-hydroxylation sites is 1. The Morgan fingerprint density at radius 2 is 1.90 bits per heavy atom. The molecule has 1 heterocycles. The molecule has 0 bridgehead atoms. The number of anilines is 1. The third-order valence-electron chi connectivity index (χ3n) is 2.52. The first kappa shape index (κ1) is 14.7. The van der Waals surface area contributed by atoms with E-state index in [0.29, 0.717) is 16.5 Å². The van der Waals surface area contributed by atoms with Crippen molar-refractivity contribution in [1.82, 2.24) is 9.97 Å². The number of carboxylic acids is 1. The van der Waals surface area contributed by atoms with Crippen LogP contribution in [-0.4, -0.2) is 34.1 Å². The summed E-state index contributed by atoms with van der Waals surface area (Å²) in [5.41, 5.74) is 0.105. The number of aromatic nitrogens is 2. The fourth-order valence-corrected chi connectivity index (χ4v) is 1.81. The van der Waals surface area contributed by atoms with Crippen LogP contribution in [0.5, 0.6) is 5.75 Å². The lowest BCUT2D eigenvalue weighted by atomic mass is 10.2. The molecule has 8 heteroatoms. The number of nitrogens with one attached hydrogen (secondary N) is 1. The number of nitrogens with zero attached hydrogens (tertiary/aromatic N) is 2. The Bertz CT molecular complexity index is 688. The van der Waals surface area contributed by atoms with E-state index in [1.54, 1.807) is 18.2 Å². The van der Waals surface area contributed by atoms with E-state index in [-0.39, 0.29) is 11.4 Å². The maximum Gasteiger partial charge on any atom is 0.356 e. The number of halogens is 1. The van der Waals surface area contributed by atoms with E-state index in [1.807, 2.05) is 0 Å². The summed E-state index contributed by atoms with van der Waals surface area (Å²) < 4.78 is 5.10. The molecule has 1 amide bonds. The molecule has 2 N–H and O–H groups in total. The minimum Gasteiger partial charge on any atom is -0.493 e. The zero-order valence-electron chi connectivity index (χ0n) is 10.8. The fraction of sp³-hybridized carbons (Fsp3) is 0.0769. The van der Waals surface area contributed by atoms with Gasteiger partial charge in [0.25, 0.3) is 5.91 Å². The molecule has 0 radical (unpaired) electrons. The van der Waals surface area contributed by atoms with Crippen LogP contribution in [0.4, 0.5) is 5.69 Å². The Kier molecular flexibility index (Phi) is 4.34. The van der Waals surface area contributed by atoms with Gasteiger partial charge in [-0.1, -0.05) is 17.7 Å². The van der Waals surface area contributed by atoms with Crippen LogP contribution in [0.1, 0.15) is 21.0 Å². The van der Waals surface area contributed by atoms with Crippen LogP contribution < -0.4 is 10.1 Å². The molecule has 21 heavy (non-hydrogen) atoms. The molecular weight excluding hydrogens is 298 g/mol. The van der Waals surface area contributed by atoms with E-state index >= 15 is 0 Å². The van der Waals surface area contributed by atoms with Crippen LogP contribution in [0, 0.1) is 0 Å². The number of methoxy groups -OCH3 is 1. The van der Waals surface area contributed by atoms with Gasteiger partial charge >= 0.3 is 5.97 Å². The number of rotatable bonds is 4. The van der Waals surface area contributed by atoms with Crippen LogP contribution >= 0.6 is 11.6 Å². The minimum absolute atomic E-state index is 0.0259. The summed E-state index contributed by atoms with van der Waals surface area (Å²) in [6, 6.07) is 4.89. The third-order valence-corrected chi connectivity index (χ3v) is 2.82. The van der Waals surface area contributed by atoms with Crippen molar-refractivity contribution in [3.63, 3.8) is 0 Å². The number of hydrogen-bond acceptors (Lipinski definition) is 5. The zero-order chi connectivity index (χ0) is 15.4. The van der Waals surface area contributed by atoms with Gasteiger partial charge in [0.05, 0.1) is 30.2 Å². The number of ether oxygens (including phenoxy) is 1. The summed E-state index contributed by atoms with van der Waals surface area (Å²) in [6.45, 7) is 0. The highest BCUT2D eigenvalue weighted by atomic mass is 35.5. The predicted molar refractivity (Wildman–Crippen MR) is 74.9 cm³/mol. The van der Waals surface area contributed by atoms with E-state index in [0.717, 1.165) is 12.4 Å². The zero-order valence-corrected chi connectivity index (χ0v) is 11.6. The molecule has 0 fully saturated rings. The van der Waals surface area contributed by atoms with Crippen LogP contribution in [0.25, 0.3) is 0 Å². The predicted octanol–water partition coefficient (Wildman–Crippen LogP) is 2.09. The Balaban J connectivity index is 2.22. The maximum atomic E-state index is 12.0. The second-order valence-electron chi connectivity index (χ2n) is 3.87. The molecule has 1 aromatic heterocycles. The standard InChI is InChI=1S/C13H10ClN3O4/c1-21-11-7(14)3-2-4-8(11)17-12(18)9-5-16-10(6-15-9)13(19)20/h2-6H,1H3,(H,17,18)(H,19,20). The van der Waals surface area contributed by atoms with E-state index < -0.39 is 11.9 Å². The highest BCUT2D eigenvalue weighted by Crippen LogP contribution is 2.32. The molecule has 0 aliphatic heterocycles. The van der Waals surface area contributed by atoms with Gasteiger partial charge in [0.1, 0.15) is 5.69 Å². The third kappa shape index (κ3) is 3.26. The topological polar surface area (TPSA) is 101 Å². The van der Waals surface area contributed by atoms with Gasteiger partial charge in [0.2, 0.25) is 0 Å². The first-order chi connectivity index (χ1) is 10.0. The van der Waals surface area contributed by atoms with E-state index in [1.165, 1.54) is 7.11 Å². The fourth-order valence-electron chi connectivity index (χ4n) is 1.56. The van der Waals surface area contributed by atoms with Gasteiger partial charge < -0.3 is 15.2 Å². The Morgan fingerprint density at radius 1 is 1.24 bits per heavy atom. The average molecular weight is 308 g/mol. The van der Waals surface area contributed by atoms with Crippen LogP contribution in [0.15, 0.2) is 30.6 Å². The first-order valence-corrected chi connectivity index (χ1v) is 6.10. The van der Waals surface area contributed by atoms with Crippen molar-refractivity contribution in [1.29, 1.82) is 0 Å². The molecule has 0 saturated carbocycles. The highest BCUT2D eigenvalue weighted by Gasteiger charge is 2.14. The Hall–Kier alpha value is -2.67. The molecule has 2 rings (SSSR count). The monoisotopic (exact) mass is 307 g/mol. The molecule has 108 valence electrons. The normalized spacial score (nSPS) is 10.0. The number of carboxylic acid groups (broad SMARTS) is 1. The average Bonchev–Trinajstić information content (AvgIpc) is 2.47. The van der Waals surface area contributed by atoms with E-state index in [4.69, 9.17) is 21.4 Å². The van der Waals surface area contributed by atoms with Crippen molar-refractivity contribution in [3.8, 4) is 5.75 Å². The molecule has 1 aromatic carbocycles. The second kappa shape index (κ2) is 6.19. The van der Waals surface area contributed by atoms with Crippen molar-refractivity contribution < 1.29 is 19.4 Å². The molecule has 0 unspecified atom stereocenters. The molecule has 7 nitrogen and oxygen atoms in total. The van der Waals surface area contributed by atoms with E-state index in [2.05, 4.69) is 15.3 Å². The highest BCUT2D eigenvalue weighted by molar-refractivity contribution is 6.32. The number of carbonyl (C=O) groups is 2. The van der Waals surface area contributed by atoms with E-state index in [9.17, 15) is 9.59 Å². The molecule has 0 atom stereocenters. The molecule has 0 saturated heterocycles. The van der Waals surface area contributed by atoms with Crippen molar-refractivity contribution >= 4 is 29.2 Å². The second-order valence-corrected chi connectivity index (χ2v) is 4.27. The van der Waals surface area contributed by atoms with Gasteiger partial charge in [-0.3, -0.25) is 4.79 Å². The molecule has 0 spiro atoms. The number of hydrogen-bond donors (Lipinski definition) is 2. The van der Waals surface area contributed by atoms with Gasteiger partial charge in [-0.05, 0) is 12.1 Å². The van der Waals surface area contributed by atoms with Crippen molar-refractivity contribution in [2.24, 2.45) is 0 Å².